The summed E-state index contributed by atoms with van der Waals surface area (Å²) in [6, 6.07) is 5.31. The molecule has 9 nitrogen and oxygen atoms in total. The van der Waals surface area contributed by atoms with Crippen LogP contribution in [-0.4, -0.2) is 78.7 Å². The summed E-state index contributed by atoms with van der Waals surface area (Å²) in [5.74, 6) is -0.481. The molecule has 1 aromatic rings. The first-order valence-corrected chi connectivity index (χ1v) is 13.6. The predicted octanol–water partition coefficient (Wildman–Crippen LogP) is 0.189. The highest BCUT2D eigenvalue weighted by Crippen LogP contribution is 2.32. The molecule has 5 rings (SSSR count). The van der Waals surface area contributed by atoms with Crippen molar-refractivity contribution in [2.45, 2.75) is 63.3 Å². The van der Waals surface area contributed by atoms with E-state index in [4.69, 9.17) is 0 Å². The van der Waals surface area contributed by atoms with Gasteiger partial charge in [0.2, 0.25) is 11.8 Å². The molecule has 2 unspecified atom stereocenters. The number of hydrogen-bond acceptors (Lipinski definition) is 7. The molecule has 33 heavy (non-hydrogen) atoms. The van der Waals surface area contributed by atoms with Gasteiger partial charge in [0.1, 0.15) is 6.04 Å². The van der Waals surface area contributed by atoms with Crippen LogP contribution in [0, 0.1) is 0 Å². The highest BCUT2D eigenvalue weighted by molar-refractivity contribution is 7.91. The zero-order chi connectivity index (χ0) is 23.2. The number of nitrogens with one attached hydrogen (secondary N) is 2. The molecule has 0 bridgehead atoms. The van der Waals surface area contributed by atoms with Gasteiger partial charge in [0.05, 0.1) is 11.5 Å². The van der Waals surface area contributed by atoms with Crippen LogP contribution in [0.2, 0.25) is 0 Å². The Kier molecular flexibility index (Phi) is 6.00. The van der Waals surface area contributed by atoms with Gasteiger partial charge in [-0.15, -0.1) is 0 Å². The van der Waals surface area contributed by atoms with E-state index in [2.05, 4.69) is 15.5 Å². The molecule has 3 amide bonds. The van der Waals surface area contributed by atoms with Gasteiger partial charge in [-0.25, -0.2) is 8.42 Å². The Balaban J connectivity index is 1.41. The Labute approximate surface area is 193 Å². The number of hydrogen-bond donors (Lipinski definition) is 2. The van der Waals surface area contributed by atoms with E-state index in [9.17, 15) is 22.8 Å². The number of amides is 3. The zero-order valence-corrected chi connectivity index (χ0v) is 19.4. The van der Waals surface area contributed by atoms with E-state index in [1.165, 1.54) is 0 Å². The van der Waals surface area contributed by atoms with Gasteiger partial charge >= 0.3 is 0 Å². The topological polar surface area (TPSA) is 116 Å². The number of carbonyl (C=O) groups excluding carboxylic acids is 3. The van der Waals surface area contributed by atoms with Crippen molar-refractivity contribution < 1.29 is 22.8 Å². The summed E-state index contributed by atoms with van der Waals surface area (Å²) < 4.78 is 24.5. The number of rotatable bonds is 5. The van der Waals surface area contributed by atoms with Crippen molar-refractivity contribution in [3.05, 3.63) is 34.9 Å². The smallest absolute Gasteiger partial charge is 0.255 e. The van der Waals surface area contributed by atoms with Gasteiger partial charge < -0.3 is 10.2 Å². The van der Waals surface area contributed by atoms with Crippen LogP contribution in [0.5, 0.6) is 0 Å². The van der Waals surface area contributed by atoms with Crippen LogP contribution in [0.3, 0.4) is 0 Å². The van der Waals surface area contributed by atoms with Gasteiger partial charge in [0.15, 0.2) is 9.84 Å². The zero-order valence-electron chi connectivity index (χ0n) is 18.6. The van der Waals surface area contributed by atoms with E-state index in [0.29, 0.717) is 37.5 Å². The lowest BCUT2D eigenvalue weighted by Gasteiger charge is -2.38. The van der Waals surface area contributed by atoms with Crippen molar-refractivity contribution in [1.29, 1.82) is 0 Å². The molecule has 0 radical (unpaired) electrons. The van der Waals surface area contributed by atoms with E-state index in [1.807, 2.05) is 12.1 Å². The third-order valence-corrected chi connectivity index (χ3v) is 9.24. The second-order valence-corrected chi connectivity index (χ2v) is 11.8. The maximum absolute atomic E-state index is 13.2. The van der Waals surface area contributed by atoms with E-state index in [0.717, 1.165) is 37.1 Å². The average Bonchev–Trinajstić information content (AvgIpc) is 3.32. The highest BCUT2D eigenvalue weighted by atomic mass is 32.2. The van der Waals surface area contributed by atoms with Crippen LogP contribution >= 0.6 is 0 Å². The molecule has 2 N–H and O–H groups in total. The standard InChI is InChI=1S/C23H30N4O5S/c28-21-5-4-20(22(29)25-21)27-13-19-15(2-1-3-18(19)23(27)30)12-26(16-6-9-24-10-7-16)17-8-11-33(31,32)14-17/h1-3,16-17,20,24H,4-14H2,(H,25,28,29). The van der Waals surface area contributed by atoms with Crippen molar-refractivity contribution in [1.82, 2.24) is 20.4 Å². The fourth-order valence-corrected chi connectivity index (χ4v) is 7.47. The number of imide groups is 1. The van der Waals surface area contributed by atoms with E-state index in [1.54, 1.807) is 11.0 Å². The number of sulfone groups is 1. The first-order valence-electron chi connectivity index (χ1n) is 11.7. The lowest BCUT2D eigenvalue weighted by atomic mass is 9.98. The molecule has 4 aliphatic heterocycles. The molecule has 2 atom stereocenters. The van der Waals surface area contributed by atoms with Crippen LogP contribution in [0.15, 0.2) is 18.2 Å². The van der Waals surface area contributed by atoms with Crippen LogP contribution in [-0.2, 0) is 32.5 Å². The monoisotopic (exact) mass is 474 g/mol. The third-order valence-electron chi connectivity index (χ3n) is 7.49. The molecule has 4 aliphatic rings. The number of fused-ring (bicyclic) bond motifs is 1. The average molecular weight is 475 g/mol. The molecule has 0 aromatic heterocycles. The van der Waals surface area contributed by atoms with Gasteiger partial charge in [-0.2, -0.15) is 0 Å². The molecule has 4 heterocycles. The van der Waals surface area contributed by atoms with Crippen LogP contribution < -0.4 is 10.6 Å². The number of carbonyl (C=O) groups is 3. The summed E-state index contributed by atoms with van der Waals surface area (Å²) >= 11 is 0. The predicted molar refractivity (Wildman–Crippen MR) is 121 cm³/mol. The fourth-order valence-electron chi connectivity index (χ4n) is 5.73. The van der Waals surface area contributed by atoms with Crippen molar-refractivity contribution in [3.63, 3.8) is 0 Å². The molecule has 0 aliphatic carbocycles. The molecular formula is C23H30N4O5S. The minimum atomic E-state index is -3.02. The van der Waals surface area contributed by atoms with Crippen molar-refractivity contribution >= 4 is 27.6 Å². The second-order valence-electron chi connectivity index (χ2n) is 9.55. The molecule has 1 aromatic carbocycles. The Hall–Kier alpha value is -2.30. The Morgan fingerprint density at radius 3 is 2.52 bits per heavy atom. The molecule has 10 heteroatoms. The summed E-state index contributed by atoms with van der Waals surface area (Å²) in [6.07, 6.45) is 3.13. The molecule has 3 fully saturated rings. The Morgan fingerprint density at radius 1 is 1.03 bits per heavy atom. The van der Waals surface area contributed by atoms with E-state index in [-0.39, 0.29) is 35.8 Å². The number of piperidine rings is 2. The van der Waals surface area contributed by atoms with E-state index >= 15 is 0 Å². The maximum atomic E-state index is 13.2. The lowest BCUT2D eigenvalue weighted by molar-refractivity contribution is -0.136. The van der Waals surface area contributed by atoms with Gasteiger partial charge in [-0.3, -0.25) is 24.6 Å². The van der Waals surface area contributed by atoms with Gasteiger partial charge in [0, 0.05) is 37.2 Å². The minimum Gasteiger partial charge on any atom is -0.322 e. The van der Waals surface area contributed by atoms with Crippen LogP contribution in [0.1, 0.15) is 53.6 Å². The largest absolute Gasteiger partial charge is 0.322 e. The molecule has 3 saturated heterocycles. The first kappa shape index (κ1) is 22.5. The SMILES string of the molecule is O=C1CCC(N2Cc3c(CN(C4CCNCC4)C4CCS(=O)(=O)C4)cccc3C2=O)C(=O)N1. The Bertz CT molecular complexity index is 1080. The fraction of sp³-hybridized carbons (Fsp3) is 0.609. The van der Waals surface area contributed by atoms with Crippen LogP contribution in [0.4, 0.5) is 0 Å². The maximum Gasteiger partial charge on any atom is 0.255 e. The molecule has 0 saturated carbocycles. The van der Waals surface area contributed by atoms with Crippen molar-refractivity contribution in [2.24, 2.45) is 0 Å². The summed E-state index contributed by atoms with van der Waals surface area (Å²) in [6.45, 7) is 2.74. The van der Waals surface area contributed by atoms with Crippen molar-refractivity contribution in [2.75, 3.05) is 24.6 Å². The van der Waals surface area contributed by atoms with Gasteiger partial charge in [-0.1, -0.05) is 12.1 Å². The number of benzene rings is 1. The van der Waals surface area contributed by atoms with E-state index < -0.39 is 21.8 Å². The summed E-state index contributed by atoms with van der Waals surface area (Å²) in [5.41, 5.74) is 2.52. The molecular weight excluding hydrogens is 444 g/mol. The normalized spacial score (nSPS) is 27.8. The lowest BCUT2D eigenvalue weighted by Crippen LogP contribution is -2.52. The summed E-state index contributed by atoms with van der Waals surface area (Å²) in [7, 11) is -3.02. The summed E-state index contributed by atoms with van der Waals surface area (Å²) in [5, 5.41) is 5.72. The quantitative estimate of drug-likeness (QED) is 0.585. The Morgan fingerprint density at radius 2 is 1.82 bits per heavy atom. The molecule has 0 spiro atoms. The summed E-state index contributed by atoms with van der Waals surface area (Å²) in [4.78, 5) is 41.0. The second kappa shape index (κ2) is 8.81. The van der Waals surface area contributed by atoms with Crippen LogP contribution in [0.25, 0.3) is 0 Å². The minimum absolute atomic E-state index is 0.0164. The van der Waals surface area contributed by atoms with Gasteiger partial charge in [0.25, 0.3) is 5.91 Å². The third kappa shape index (κ3) is 4.43. The van der Waals surface area contributed by atoms with Crippen molar-refractivity contribution in [3.8, 4) is 0 Å². The van der Waals surface area contributed by atoms with Gasteiger partial charge in [-0.05, 0) is 56.0 Å². The first-order chi connectivity index (χ1) is 15.8. The number of nitrogens with zero attached hydrogens (tertiary/aromatic N) is 2. The highest BCUT2D eigenvalue weighted by Gasteiger charge is 2.41. The molecule has 178 valence electrons.